The summed E-state index contributed by atoms with van der Waals surface area (Å²) in [7, 11) is 4.11. The van der Waals surface area contributed by atoms with Crippen molar-refractivity contribution >= 4 is 19.7 Å². The quantitative estimate of drug-likeness (QED) is 0.775. The molecule has 0 unspecified atom stereocenters. The Morgan fingerprint density at radius 2 is 1.94 bits per heavy atom. The first-order chi connectivity index (χ1) is 7.89. The van der Waals surface area contributed by atoms with Crippen molar-refractivity contribution in [2.24, 2.45) is 0 Å². The Morgan fingerprint density at radius 1 is 1.29 bits per heavy atom. The summed E-state index contributed by atoms with van der Waals surface area (Å²) in [5.41, 5.74) is 0.426. The van der Waals surface area contributed by atoms with Gasteiger partial charge in [0.2, 0.25) is 14.9 Å². The maximum atomic E-state index is 13.7. The van der Waals surface area contributed by atoms with E-state index in [1.165, 1.54) is 20.3 Å². The normalized spacial score (nSPS) is 11.3. The number of methoxy groups -OCH3 is 2. The molecule has 0 bridgehead atoms. The minimum absolute atomic E-state index is 0.0235. The van der Waals surface area contributed by atoms with Crippen LogP contribution in [0.4, 0.5) is 4.39 Å². The maximum absolute atomic E-state index is 13.7. The van der Waals surface area contributed by atoms with Crippen molar-refractivity contribution in [3.05, 3.63) is 23.5 Å². The van der Waals surface area contributed by atoms with Crippen molar-refractivity contribution in [3.8, 4) is 11.5 Å². The molecule has 1 aromatic rings. The molecule has 0 spiro atoms. The van der Waals surface area contributed by atoms with Gasteiger partial charge in [0.25, 0.3) is 0 Å². The molecule has 0 saturated heterocycles. The van der Waals surface area contributed by atoms with E-state index in [0.29, 0.717) is 5.56 Å². The molecule has 17 heavy (non-hydrogen) atoms. The van der Waals surface area contributed by atoms with E-state index in [4.69, 9.17) is 20.2 Å². The molecule has 0 aromatic heterocycles. The van der Waals surface area contributed by atoms with E-state index >= 15 is 0 Å². The number of aryl methyl sites for hydroxylation is 1. The molecule has 1 aromatic carbocycles. The van der Waals surface area contributed by atoms with Gasteiger partial charge in [0.1, 0.15) is 0 Å². The molecule has 0 fully saturated rings. The topological polar surface area (TPSA) is 52.6 Å². The molecule has 0 saturated carbocycles. The molecule has 0 amide bonds. The lowest BCUT2D eigenvalue weighted by atomic mass is 10.1. The van der Waals surface area contributed by atoms with Gasteiger partial charge in [-0.2, -0.15) is 4.39 Å². The third-order valence-electron chi connectivity index (χ3n) is 2.18. The summed E-state index contributed by atoms with van der Waals surface area (Å²) in [6.07, 6.45) is 0.0793. The first-order valence-corrected chi connectivity index (χ1v) is 7.18. The first-order valence-electron chi connectivity index (χ1n) is 4.70. The summed E-state index contributed by atoms with van der Waals surface area (Å²) >= 11 is 0. The van der Waals surface area contributed by atoms with Crippen LogP contribution in [0.3, 0.4) is 0 Å². The monoisotopic (exact) mass is 282 g/mol. The zero-order valence-corrected chi connectivity index (χ0v) is 10.9. The molecule has 0 radical (unpaired) electrons. The Labute approximate surface area is 104 Å². The van der Waals surface area contributed by atoms with Gasteiger partial charge >= 0.3 is 0 Å². The molecule has 1 rings (SSSR count). The third kappa shape index (κ3) is 3.74. The predicted octanol–water partition coefficient (Wildman–Crippen LogP) is 1.95. The van der Waals surface area contributed by atoms with E-state index < -0.39 is 14.9 Å². The van der Waals surface area contributed by atoms with Gasteiger partial charge in [-0.3, -0.25) is 0 Å². The van der Waals surface area contributed by atoms with Crippen molar-refractivity contribution in [1.29, 1.82) is 0 Å². The fraction of sp³-hybridized carbons (Fsp3) is 0.400. The van der Waals surface area contributed by atoms with Gasteiger partial charge < -0.3 is 9.47 Å². The molecule has 4 nitrogen and oxygen atoms in total. The lowest BCUT2D eigenvalue weighted by Gasteiger charge is -2.11. The summed E-state index contributed by atoms with van der Waals surface area (Å²) in [4.78, 5) is 0. The second-order valence-electron chi connectivity index (χ2n) is 3.27. The highest BCUT2D eigenvalue weighted by Crippen LogP contribution is 2.30. The van der Waals surface area contributed by atoms with E-state index in [0.717, 1.165) is 0 Å². The van der Waals surface area contributed by atoms with Crippen LogP contribution in [0.15, 0.2) is 12.1 Å². The highest BCUT2D eigenvalue weighted by atomic mass is 35.7. The fourth-order valence-corrected chi connectivity index (χ4v) is 2.08. The number of halogens is 2. The Hall–Kier alpha value is -1.01. The number of ether oxygens (including phenoxy) is 2. The van der Waals surface area contributed by atoms with Crippen LogP contribution >= 0.6 is 10.7 Å². The van der Waals surface area contributed by atoms with Crippen LogP contribution in [0.5, 0.6) is 11.5 Å². The molecule has 0 atom stereocenters. The van der Waals surface area contributed by atoms with Crippen LogP contribution in [0.2, 0.25) is 0 Å². The smallest absolute Gasteiger partial charge is 0.232 e. The summed E-state index contributed by atoms with van der Waals surface area (Å²) in [5, 5.41) is 0. The van der Waals surface area contributed by atoms with Crippen molar-refractivity contribution in [3.63, 3.8) is 0 Å². The van der Waals surface area contributed by atoms with Gasteiger partial charge in [-0.05, 0) is 18.1 Å². The number of benzene rings is 1. The molecule has 0 N–H and O–H groups in total. The molecule has 0 aliphatic heterocycles. The highest BCUT2D eigenvalue weighted by molar-refractivity contribution is 8.13. The van der Waals surface area contributed by atoms with Crippen LogP contribution in [-0.2, 0) is 15.5 Å². The fourth-order valence-electron chi connectivity index (χ4n) is 1.39. The van der Waals surface area contributed by atoms with Gasteiger partial charge in [-0.1, -0.05) is 6.07 Å². The predicted molar refractivity (Wildman–Crippen MR) is 62.8 cm³/mol. The first kappa shape index (κ1) is 14.1. The SMILES string of the molecule is COc1ccc(CCS(=O)(=O)Cl)c(OC)c1F. The minimum Gasteiger partial charge on any atom is -0.494 e. The Bertz CT molecular complexity index is 501. The average molecular weight is 283 g/mol. The van der Waals surface area contributed by atoms with Crippen molar-refractivity contribution in [1.82, 2.24) is 0 Å². The second-order valence-corrected chi connectivity index (χ2v) is 6.16. The van der Waals surface area contributed by atoms with Gasteiger partial charge in [-0.25, -0.2) is 8.42 Å². The second kappa shape index (κ2) is 5.55. The molecular weight excluding hydrogens is 271 g/mol. The van der Waals surface area contributed by atoms with Gasteiger partial charge in [0, 0.05) is 10.7 Å². The number of rotatable bonds is 5. The standard InChI is InChI=1S/C10H12ClFO4S/c1-15-8-4-3-7(5-6-17(11,13)14)10(16-2)9(8)12/h3-4H,5-6H2,1-2H3. The molecular formula is C10H12ClFO4S. The van der Waals surface area contributed by atoms with Crippen LogP contribution in [0, 0.1) is 5.82 Å². The van der Waals surface area contributed by atoms with E-state index in [2.05, 4.69) is 0 Å². The Morgan fingerprint density at radius 3 is 2.41 bits per heavy atom. The molecule has 0 aliphatic carbocycles. The number of hydrogen-bond donors (Lipinski definition) is 0. The third-order valence-corrected chi connectivity index (χ3v) is 3.34. The van der Waals surface area contributed by atoms with Crippen molar-refractivity contribution in [2.45, 2.75) is 6.42 Å². The van der Waals surface area contributed by atoms with E-state index in [-0.39, 0.29) is 23.7 Å². The summed E-state index contributed by atoms with van der Waals surface area (Å²) in [5.74, 6) is -0.917. The zero-order valence-electron chi connectivity index (χ0n) is 9.37. The van der Waals surface area contributed by atoms with Gasteiger partial charge in [-0.15, -0.1) is 0 Å². The maximum Gasteiger partial charge on any atom is 0.232 e. The van der Waals surface area contributed by atoms with Crippen LogP contribution in [0.25, 0.3) is 0 Å². The van der Waals surface area contributed by atoms with E-state index in [1.807, 2.05) is 0 Å². The lowest BCUT2D eigenvalue weighted by Crippen LogP contribution is -2.04. The molecule has 7 heteroatoms. The van der Waals surface area contributed by atoms with Crippen LogP contribution in [0.1, 0.15) is 5.56 Å². The average Bonchev–Trinajstić information content (AvgIpc) is 2.25. The van der Waals surface area contributed by atoms with Gasteiger partial charge in [0.05, 0.1) is 20.0 Å². The number of hydrogen-bond acceptors (Lipinski definition) is 4. The van der Waals surface area contributed by atoms with Gasteiger partial charge in [0.15, 0.2) is 11.5 Å². The van der Waals surface area contributed by atoms with Crippen LogP contribution in [-0.4, -0.2) is 28.4 Å². The van der Waals surface area contributed by atoms with Crippen LogP contribution < -0.4 is 9.47 Å². The van der Waals surface area contributed by atoms with Crippen molar-refractivity contribution < 1.29 is 22.3 Å². The summed E-state index contributed by atoms with van der Waals surface area (Å²) in [6.45, 7) is 0. The van der Waals surface area contributed by atoms with E-state index in [1.54, 1.807) is 6.07 Å². The highest BCUT2D eigenvalue weighted by Gasteiger charge is 2.16. The van der Waals surface area contributed by atoms with Crippen molar-refractivity contribution in [2.75, 3.05) is 20.0 Å². The molecule has 0 heterocycles. The lowest BCUT2D eigenvalue weighted by molar-refractivity contribution is 0.347. The minimum atomic E-state index is -3.61. The Balaban J connectivity index is 3.04. The summed E-state index contributed by atoms with van der Waals surface area (Å²) < 4.78 is 45.0. The summed E-state index contributed by atoms with van der Waals surface area (Å²) in [6, 6.07) is 2.96. The Kier molecular flexibility index (Phi) is 4.59. The van der Waals surface area contributed by atoms with E-state index in [9.17, 15) is 12.8 Å². The molecule has 96 valence electrons. The molecule has 0 aliphatic rings. The zero-order chi connectivity index (χ0) is 13.1. The largest absolute Gasteiger partial charge is 0.494 e.